The molecule has 1 atom stereocenters. The van der Waals surface area contributed by atoms with E-state index in [9.17, 15) is 13.2 Å². The molecule has 0 N–H and O–H groups in total. The quantitative estimate of drug-likeness (QED) is 0.560. The minimum absolute atomic E-state index is 0.0279. The van der Waals surface area contributed by atoms with Crippen LogP contribution in [0.25, 0.3) is 0 Å². The van der Waals surface area contributed by atoms with Crippen molar-refractivity contribution in [3.05, 3.63) is 87.6 Å². The Kier molecular flexibility index (Phi) is 4.93. The summed E-state index contributed by atoms with van der Waals surface area (Å²) in [5, 5.41) is 2.09. The van der Waals surface area contributed by atoms with Crippen molar-refractivity contribution >= 4 is 11.3 Å². The molecule has 0 radical (unpaired) electrons. The summed E-state index contributed by atoms with van der Waals surface area (Å²) >= 11 is 1.74. The predicted octanol–water partition coefficient (Wildman–Crippen LogP) is 5.79. The maximum absolute atomic E-state index is 12.4. The third kappa shape index (κ3) is 4.17. The maximum atomic E-state index is 12.4. The molecular formula is C21H18F3NOS. The Morgan fingerprint density at radius 3 is 2.44 bits per heavy atom. The average Bonchev–Trinajstić information content (AvgIpc) is 3.11. The van der Waals surface area contributed by atoms with Crippen molar-refractivity contribution in [2.45, 2.75) is 25.4 Å². The van der Waals surface area contributed by atoms with E-state index >= 15 is 0 Å². The summed E-state index contributed by atoms with van der Waals surface area (Å²) in [5.74, 6) is -0.192. The zero-order valence-corrected chi connectivity index (χ0v) is 15.3. The Bertz CT molecular complexity index is 890. The standard InChI is InChI=1S/C21H18F3NOS/c22-21(23,24)26-17-8-6-16(7-9-17)20-18-11-13-27-19(18)10-12-25(20)14-15-4-2-1-3-5-15/h1-9,11,13,20H,10,12,14H2. The monoisotopic (exact) mass is 389 g/mol. The van der Waals surface area contributed by atoms with E-state index in [2.05, 4.69) is 33.2 Å². The fourth-order valence-corrected chi connectivity index (χ4v) is 4.50. The number of fused-ring (bicyclic) bond motifs is 1. The average molecular weight is 389 g/mol. The van der Waals surface area contributed by atoms with Crippen LogP contribution in [0.1, 0.15) is 27.6 Å². The fourth-order valence-electron chi connectivity index (χ4n) is 3.60. The normalized spacial score (nSPS) is 17.5. The summed E-state index contributed by atoms with van der Waals surface area (Å²) in [6, 6.07) is 18.6. The third-order valence-corrected chi connectivity index (χ3v) is 5.72. The van der Waals surface area contributed by atoms with E-state index in [1.165, 1.54) is 28.1 Å². The largest absolute Gasteiger partial charge is 0.573 e. The van der Waals surface area contributed by atoms with Gasteiger partial charge in [0.1, 0.15) is 5.75 Å². The molecule has 27 heavy (non-hydrogen) atoms. The van der Waals surface area contributed by atoms with Crippen LogP contribution in [0.3, 0.4) is 0 Å². The molecule has 0 saturated carbocycles. The second-order valence-corrected chi connectivity index (χ2v) is 7.53. The number of thiophene rings is 1. The van der Waals surface area contributed by atoms with Crippen LogP contribution in [-0.2, 0) is 13.0 Å². The number of ether oxygens (including phenoxy) is 1. The highest BCUT2D eigenvalue weighted by molar-refractivity contribution is 7.10. The number of alkyl halides is 3. The van der Waals surface area contributed by atoms with Crippen molar-refractivity contribution < 1.29 is 17.9 Å². The molecule has 0 spiro atoms. The summed E-state index contributed by atoms with van der Waals surface area (Å²) in [5.41, 5.74) is 3.43. The van der Waals surface area contributed by atoms with Crippen LogP contribution in [-0.4, -0.2) is 17.8 Å². The van der Waals surface area contributed by atoms with Crippen LogP contribution in [0.5, 0.6) is 5.75 Å². The lowest BCUT2D eigenvalue weighted by Gasteiger charge is -2.36. The van der Waals surface area contributed by atoms with Crippen LogP contribution >= 0.6 is 11.3 Å². The molecular weight excluding hydrogens is 371 g/mol. The Balaban J connectivity index is 1.64. The number of halogens is 3. The molecule has 1 aromatic heterocycles. The number of hydrogen-bond donors (Lipinski definition) is 0. The van der Waals surface area contributed by atoms with Gasteiger partial charge in [-0.05, 0) is 46.7 Å². The minimum atomic E-state index is -4.67. The summed E-state index contributed by atoms with van der Waals surface area (Å²) in [6.07, 6.45) is -3.68. The molecule has 6 heteroatoms. The van der Waals surface area contributed by atoms with E-state index in [1.807, 2.05) is 18.2 Å². The zero-order chi connectivity index (χ0) is 18.9. The Morgan fingerprint density at radius 1 is 1.00 bits per heavy atom. The van der Waals surface area contributed by atoms with E-state index in [0.717, 1.165) is 25.1 Å². The highest BCUT2D eigenvalue weighted by Crippen LogP contribution is 2.39. The highest BCUT2D eigenvalue weighted by atomic mass is 32.1. The van der Waals surface area contributed by atoms with Crippen LogP contribution in [0.4, 0.5) is 13.2 Å². The Labute approximate surface area is 159 Å². The van der Waals surface area contributed by atoms with Gasteiger partial charge in [-0.25, -0.2) is 0 Å². The lowest BCUT2D eigenvalue weighted by atomic mass is 9.92. The van der Waals surface area contributed by atoms with Gasteiger partial charge >= 0.3 is 6.36 Å². The van der Waals surface area contributed by atoms with Crippen molar-refractivity contribution in [1.82, 2.24) is 4.90 Å². The van der Waals surface area contributed by atoms with Crippen molar-refractivity contribution in [3.8, 4) is 5.75 Å². The third-order valence-electron chi connectivity index (χ3n) is 4.72. The van der Waals surface area contributed by atoms with E-state index in [1.54, 1.807) is 23.5 Å². The zero-order valence-electron chi connectivity index (χ0n) is 14.4. The van der Waals surface area contributed by atoms with Crippen molar-refractivity contribution in [3.63, 3.8) is 0 Å². The van der Waals surface area contributed by atoms with E-state index in [0.29, 0.717) is 0 Å². The summed E-state index contributed by atoms with van der Waals surface area (Å²) in [6.45, 7) is 1.70. The molecule has 0 aliphatic carbocycles. The minimum Gasteiger partial charge on any atom is -0.406 e. The molecule has 1 unspecified atom stereocenters. The maximum Gasteiger partial charge on any atom is 0.573 e. The van der Waals surface area contributed by atoms with Gasteiger partial charge in [0.05, 0.1) is 6.04 Å². The molecule has 0 fully saturated rings. The number of nitrogens with zero attached hydrogens (tertiary/aromatic N) is 1. The molecule has 0 amide bonds. The van der Waals surface area contributed by atoms with Gasteiger partial charge in [-0.15, -0.1) is 24.5 Å². The van der Waals surface area contributed by atoms with Gasteiger partial charge < -0.3 is 4.74 Å². The van der Waals surface area contributed by atoms with Gasteiger partial charge in [-0.3, -0.25) is 4.90 Å². The lowest BCUT2D eigenvalue weighted by Crippen LogP contribution is -2.34. The first-order valence-electron chi connectivity index (χ1n) is 8.69. The highest BCUT2D eigenvalue weighted by Gasteiger charge is 2.32. The van der Waals surface area contributed by atoms with Crippen LogP contribution in [0.2, 0.25) is 0 Å². The van der Waals surface area contributed by atoms with Crippen LogP contribution in [0, 0.1) is 0 Å². The topological polar surface area (TPSA) is 12.5 Å². The molecule has 140 valence electrons. The first-order valence-corrected chi connectivity index (χ1v) is 9.57. The molecule has 0 saturated heterocycles. The molecule has 2 nitrogen and oxygen atoms in total. The first kappa shape index (κ1) is 18.1. The predicted molar refractivity (Wildman–Crippen MR) is 99.8 cm³/mol. The summed E-state index contributed by atoms with van der Waals surface area (Å²) in [7, 11) is 0. The van der Waals surface area contributed by atoms with Gasteiger partial charge in [-0.2, -0.15) is 0 Å². The van der Waals surface area contributed by atoms with Gasteiger partial charge in [0, 0.05) is 18.0 Å². The van der Waals surface area contributed by atoms with Crippen molar-refractivity contribution in [2.75, 3.05) is 6.54 Å². The second-order valence-electron chi connectivity index (χ2n) is 6.52. The Hall–Kier alpha value is -2.31. The smallest absolute Gasteiger partial charge is 0.406 e. The van der Waals surface area contributed by atoms with Crippen LogP contribution in [0.15, 0.2) is 66.0 Å². The first-order chi connectivity index (χ1) is 13.0. The summed E-state index contributed by atoms with van der Waals surface area (Å²) in [4.78, 5) is 3.73. The van der Waals surface area contributed by atoms with Crippen molar-refractivity contribution in [2.24, 2.45) is 0 Å². The molecule has 1 aliphatic rings. The van der Waals surface area contributed by atoms with Gasteiger partial charge in [0.25, 0.3) is 0 Å². The van der Waals surface area contributed by atoms with E-state index in [-0.39, 0.29) is 11.8 Å². The number of benzene rings is 2. The molecule has 2 aromatic carbocycles. The molecule has 0 bridgehead atoms. The van der Waals surface area contributed by atoms with E-state index < -0.39 is 6.36 Å². The molecule has 4 rings (SSSR count). The van der Waals surface area contributed by atoms with Gasteiger partial charge in [-0.1, -0.05) is 42.5 Å². The molecule has 1 aliphatic heterocycles. The summed E-state index contributed by atoms with van der Waals surface area (Å²) < 4.78 is 41.3. The molecule has 2 heterocycles. The van der Waals surface area contributed by atoms with Gasteiger partial charge in [0.15, 0.2) is 0 Å². The number of hydrogen-bond acceptors (Lipinski definition) is 3. The molecule has 3 aromatic rings. The van der Waals surface area contributed by atoms with Crippen molar-refractivity contribution in [1.29, 1.82) is 0 Å². The second kappa shape index (κ2) is 7.37. The SMILES string of the molecule is FC(F)(F)Oc1ccc(C2c3ccsc3CCN2Cc2ccccc2)cc1. The number of rotatable bonds is 4. The van der Waals surface area contributed by atoms with Gasteiger partial charge in [0.2, 0.25) is 0 Å². The van der Waals surface area contributed by atoms with Crippen LogP contribution < -0.4 is 4.74 Å². The lowest BCUT2D eigenvalue weighted by molar-refractivity contribution is -0.274. The van der Waals surface area contributed by atoms with E-state index in [4.69, 9.17) is 0 Å². The Morgan fingerprint density at radius 2 is 1.74 bits per heavy atom. The fraction of sp³-hybridized carbons (Fsp3) is 0.238.